The molecule has 0 aliphatic carbocycles. The second-order valence-electron chi connectivity index (χ2n) is 14.2. The molecule has 0 fully saturated rings. The largest absolute Gasteiger partial charge is 0.472 e. The molecule has 0 amide bonds. The Kier molecular flexibility index (Phi) is 14.6. The van der Waals surface area contributed by atoms with Gasteiger partial charge in [0.2, 0.25) is 0 Å². The molecule has 3 atom stereocenters. The Balaban J connectivity index is 5.34. The molecule has 0 radical (unpaired) electrons. The van der Waals surface area contributed by atoms with Crippen LogP contribution in [0.2, 0.25) is 0 Å². The number of esters is 1. The number of hydrogen-bond acceptors (Lipinski definition) is 7. The molecule has 0 aromatic rings. The third-order valence-electron chi connectivity index (χ3n) is 8.87. The van der Waals surface area contributed by atoms with Crippen LogP contribution in [0.3, 0.4) is 0 Å². The van der Waals surface area contributed by atoms with Gasteiger partial charge in [-0.25, -0.2) is 4.57 Å². The zero-order valence-electron chi connectivity index (χ0n) is 27.0. The second-order valence-corrected chi connectivity index (χ2v) is 15.6. The highest BCUT2D eigenvalue weighted by molar-refractivity contribution is 7.47. The van der Waals surface area contributed by atoms with Crippen molar-refractivity contribution in [3.63, 3.8) is 0 Å². The highest BCUT2D eigenvalue weighted by Gasteiger charge is 2.45. The molecule has 0 heterocycles. The maximum Gasteiger partial charge on any atom is 0.472 e. The van der Waals surface area contributed by atoms with Gasteiger partial charge in [0.05, 0.1) is 18.6 Å². The minimum Gasteiger partial charge on any atom is -0.462 e. The number of phosphoric acid groups is 1. The molecule has 0 aliphatic rings. The van der Waals surface area contributed by atoms with Gasteiger partial charge in [-0.3, -0.25) is 13.8 Å². The Morgan fingerprint density at radius 1 is 0.923 bits per heavy atom. The van der Waals surface area contributed by atoms with Gasteiger partial charge in [0, 0.05) is 6.54 Å². The molecule has 0 aromatic heterocycles. The van der Waals surface area contributed by atoms with E-state index in [9.17, 15) is 19.4 Å². The lowest BCUT2D eigenvalue weighted by atomic mass is 9.57. The van der Waals surface area contributed by atoms with Gasteiger partial charge in [-0.05, 0) is 61.7 Å². The number of nitrogens with two attached hydrogens (primary N) is 1. The molecular weight excluding hydrogens is 517 g/mol. The van der Waals surface area contributed by atoms with Crippen LogP contribution in [-0.2, 0) is 23.1 Å². The lowest BCUT2D eigenvalue weighted by Gasteiger charge is -2.47. The second kappa shape index (κ2) is 14.9. The SMILES string of the molecule is CCC(C)(C)CC(C)(C)/C(C)=C\CC(C)(C)C(C)(CC)CC(C)(C)C(=O)OCC(O)COP(=O)(O)OCCN. The Morgan fingerprint density at radius 2 is 1.49 bits per heavy atom. The summed E-state index contributed by atoms with van der Waals surface area (Å²) in [4.78, 5) is 22.6. The van der Waals surface area contributed by atoms with Crippen molar-refractivity contribution in [1.29, 1.82) is 0 Å². The van der Waals surface area contributed by atoms with Crippen LogP contribution in [0.5, 0.6) is 0 Å². The van der Waals surface area contributed by atoms with Gasteiger partial charge in [0.25, 0.3) is 0 Å². The molecule has 0 spiro atoms. The Hall–Kier alpha value is -0.760. The predicted octanol–water partition coefficient (Wildman–Crippen LogP) is 7.03. The third kappa shape index (κ3) is 12.7. The van der Waals surface area contributed by atoms with Crippen molar-refractivity contribution in [3.8, 4) is 0 Å². The van der Waals surface area contributed by atoms with E-state index in [1.165, 1.54) is 5.57 Å². The summed E-state index contributed by atoms with van der Waals surface area (Å²) < 4.78 is 26.5. The van der Waals surface area contributed by atoms with Crippen LogP contribution in [0.25, 0.3) is 0 Å². The minimum atomic E-state index is -4.32. The number of carbonyl (C=O) groups is 1. The molecule has 3 unspecified atom stereocenters. The van der Waals surface area contributed by atoms with Crippen molar-refractivity contribution in [3.05, 3.63) is 11.6 Å². The van der Waals surface area contributed by atoms with E-state index in [1.807, 2.05) is 13.8 Å². The maximum absolute atomic E-state index is 13.1. The van der Waals surface area contributed by atoms with Gasteiger partial charge in [0.15, 0.2) is 0 Å². The lowest BCUT2D eigenvalue weighted by Crippen LogP contribution is -2.42. The fourth-order valence-corrected chi connectivity index (χ4v) is 5.85. The van der Waals surface area contributed by atoms with Gasteiger partial charge in [-0.2, -0.15) is 0 Å². The third-order valence-corrected chi connectivity index (χ3v) is 9.86. The number of carbonyl (C=O) groups excluding carboxylic acids is 1. The quantitative estimate of drug-likeness (QED) is 0.0848. The van der Waals surface area contributed by atoms with Crippen LogP contribution in [-0.4, -0.2) is 48.4 Å². The highest BCUT2D eigenvalue weighted by atomic mass is 31.2. The molecule has 0 rings (SSSR count). The van der Waals surface area contributed by atoms with Gasteiger partial charge in [-0.1, -0.05) is 86.8 Å². The summed E-state index contributed by atoms with van der Waals surface area (Å²) in [6, 6.07) is 0. The topological polar surface area (TPSA) is 128 Å². The molecule has 0 aromatic carbocycles. The first-order valence-corrected chi connectivity index (χ1v) is 15.8. The molecule has 39 heavy (non-hydrogen) atoms. The predicted molar refractivity (Wildman–Crippen MR) is 159 cm³/mol. The van der Waals surface area contributed by atoms with Gasteiger partial charge >= 0.3 is 13.8 Å². The van der Waals surface area contributed by atoms with Crippen molar-refractivity contribution in [1.82, 2.24) is 0 Å². The van der Waals surface area contributed by atoms with E-state index in [2.05, 4.69) is 79.8 Å². The van der Waals surface area contributed by atoms with Crippen molar-refractivity contribution in [2.75, 3.05) is 26.4 Å². The number of hydrogen-bond donors (Lipinski definition) is 3. The number of rotatable bonds is 19. The number of ether oxygens (including phenoxy) is 1. The molecule has 0 aliphatic heterocycles. The summed E-state index contributed by atoms with van der Waals surface area (Å²) in [5.41, 5.74) is 5.97. The van der Waals surface area contributed by atoms with E-state index in [0.717, 1.165) is 25.7 Å². The van der Waals surface area contributed by atoms with E-state index in [-0.39, 0.29) is 41.4 Å². The first-order valence-electron chi connectivity index (χ1n) is 14.3. The summed E-state index contributed by atoms with van der Waals surface area (Å²) in [5, 5.41) is 10.1. The Labute approximate surface area is 239 Å². The van der Waals surface area contributed by atoms with Crippen LogP contribution < -0.4 is 5.73 Å². The number of aliphatic hydroxyl groups is 1. The van der Waals surface area contributed by atoms with Crippen LogP contribution in [0.15, 0.2) is 11.6 Å². The summed E-state index contributed by atoms with van der Waals surface area (Å²) in [7, 11) is -4.32. The zero-order valence-corrected chi connectivity index (χ0v) is 27.9. The molecule has 0 saturated carbocycles. The number of allylic oxidation sites excluding steroid dienone is 2. The highest BCUT2D eigenvalue weighted by Crippen LogP contribution is 2.52. The summed E-state index contributed by atoms with van der Waals surface area (Å²) in [6.45, 7) is 25.5. The van der Waals surface area contributed by atoms with E-state index in [0.29, 0.717) is 6.42 Å². The monoisotopic (exact) mass is 577 g/mol. The fraction of sp³-hybridized carbons (Fsp3) is 0.900. The molecule has 232 valence electrons. The van der Waals surface area contributed by atoms with Gasteiger partial charge in [0.1, 0.15) is 12.7 Å². The fourth-order valence-electron chi connectivity index (χ4n) is 5.08. The van der Waals surface area contributed by atoms with Crippen LogP contribution in [0, 0.1) is 27.1 Å². The number of aliphatic hydroxyl groups excluding tert-OH is 1. The van der Waals surface area contributed by atoms with E-state index < -0.39 is 31.9 Å². The van der Waals surface area contributed by atoms with Crippen LogP contribution in [0.1, 0.15) is 115 Å². The van der Waals surface area contributed by atoms with Crippen molar-refractivity contribution >= 4 is 13.8 Å². The molecule has 4 N–H and O–H groups in total. The summed E-state index contributed by atoms with van der Waals surface area (Å²) >= 11 is 0. The Bertz CT molecular complexity index is 850. The molecule has 8 nitrogen and oxygen atoms in total. The average molecular weight is 578 g/mol. The van der Waals surface area contributed by atoms with Crippen LogP contribution >= 0.6 is 7.82 Å². The van der Waals surface area contributed by atoms with E-state index in [4.69, 9.17) is 15.0 Å². The van der Waals surface area contributed by atoms with E-state index >= 15 is 0 Å². The lowest BCUT2D eigenvalue weighted by molar-refractivity contribution is -0.160. The Morgan fingerprint density at radius 3 is 1.97 bits per heavy atom. The number of phosphoric ester groups is 1. The standard InChI is InChI=1S/C30H60NO7P/c1-13-26(4,5)21-27(6,7)23(3)15-16-29(10,11)30(12,14-2)22-28(8,9)25(33)36-19-24(32)20-38-39(34,35)37-18-17-31/h15,24,32H,13-14,16-22,31H2,1-12H3,(H,34,35)/b23-15-. The first kappa shape index (κ1) is 38.2. The molecule has 9 heteroatoms. The average Bonchev–Trinajstić information content (AvgIpc) is 2.82. The summed E-state index contributed by atoms with van der Waals surface area (Å²) in [6.07, 6.45) is 5.77. The zero-order chi connectivity index (χ0) is 30.9. The van der Waals surface area contributed by atoms with E-state index in [1.54, 1.807) is 0 Å². The van der Waals surface area contributed by atoms with Gasteiger partial charge in [-0.15, -0.1) is 0 Å². The van der Waals surface area contributed by atoms with Crippen molar-refractivity contribution in [2.24, 2.45) is 32.8 Å². The minimum absolute atomic E-state index is 0.0574. The first-order chi connectivity index (χ1) is 17.5. The van der Waals surface area contributed by atoms with Gasteiger partial charge < -0.3 is 20.5 Å². The molecule has 0 saturated heterocycles. The van der Waals surface area contributed by atoms with Crippen LogP contribution in [0.4, 0.5) is 0 Å². The summed E-state index contributed by atoms with van der Waals surface area (Å²) in [5.74, 6) is -0.432. The smallest absolute Gasteiger partial charge is 0.462 e. The van der Waals surface area contributed by atoms with Crippen molar-refractivity contribution in [2.45, 2.75) is 121 Å². The van der Waals surface area contributed by atoms with Crippen molar-refractivity contribution < 1.29 is 33.1 Å². The molecular formula is C30H60NO7P. The maximum atomic E-state index is 13.1. The normalized spacial score (nSPS) is 17.9. The molecule has 0 bridgehead atoms.